The standard InChI is InChI=1S/C14H20N4OS/c1-2-19-8-3-7-16-14(18-15)17-12-4-5-13-11(10-12)6-9-20-13/h4-6,9-10H,2-3,7-8,15H2,1H3,(H2,16,17,18). The first kappa shape index (κ1) is 14.8. The van der Waals surface area contributed by atoms with Gasteiger partial charge in [-0.15, -0.1) is 11.3 Å². The second-order valence-corrected chi connectivity index (χ2v) is 5.17. The van der Waals surface area contributed by atoms with E-state index in [1.54, 1.807) is 11.3 Å². The lowest BCUT2D eigenvalue weighted by Crippen LogP contribution is -2.36. The molecule has 2 rings (SSSR count). The van der Waals surface area contributed by atoms with Crippen molar-refractivity contribution in [2.24, 2.45) is 10.8 Å². The van der Waals surface area contributed by atoms with Gasteiger partial charge in [-0.25, -0.2) is 5.84 Å². The Labute approximate surface area is 122 Å². The topological polar surface area (TPSA) is 71.7 Å². The molecular formula is C14H20N4OS. The predicted octanol–water partition coefficient (Wildman–Crippen LogP) is 2.56. The summed E-state index contributed by atoms with van der Waals surface area (Å²) in [5, 5.41) is 6.48. The van der Waals surface area contributed by atoms with Crippen LogP contribution in [0.25, 0.3) is 10.1 Å². The quantitative estimate of drug-likeness (QED) is 0.251. The number of hydrazine groups is 1. The lowest BCUT2D eigenvalue weighted by molar-refractivity contribution is 0.146. The van der Waals surface area contributed by atoms with E-state index in [1.807, 2.05) is 13.0 Å². The highest BCUT2D eigenvalue weighted by Gasteiger charge is 2.00. The van der Waals surface area contributed by atoms with Crippen molar-refractivity contribution in [2.45, 2.75) is 13.3 Å². The van der Waals surface area contributed by atoms with E-state index in [9.17, 15) is 0 Å². The Balaban J connectivity index is 1.92. The fourth-order valence-electron chi connectivity index (χ4n) is 1.80. The Bertz CT molecular complexity index is 567. The number of thiophene rings is 1. The molecular weight excluding hydrogens is 272 g/mol. The summed E-state index contributed by atoms with van der Waals surface area (Å²) in [4.78, 5) is 4.37. The van der Waals surface area contributed by atoms with Crippen LogP contribution in [0.3, 0.4) is 0 Å². The first-order valence-corrected chi connectivity index (χ1v) is 7.54. The van der Waals surface area contributed by atoms with E-state index in [4.69, 9.17) is 10.6 Å². The number of nitrogens with zero attached hydrogens (tertiary/aromatic N) is 1. The van der Waals surface area contributed by atoms with Crippen LogP contribution in [0.4, 0.5) is 5.69 Å². The van der Waals surface area contributed by atoms with Gasteiger partial charge in [-0.3, -0.25) is 10.4 Å². The molecule has 0 aliphatic carbocycles. The van der Waals surface area contributed by atoms with Crippen molar-refractivity contribution in [2.75, 3.05) is 25.1 Å². The molecule has 0 amide bonds. The maximum Gasteiger partial charge on any atom is 0.210 e. The zero-order valence-corrected chi connectivity index (χ0v) is 12.4. The van der Waals surface area contributed by atoms with Crippen molar-refractivity contribution in [3.63, 3.8) is 0 Å². The molecule has 0 radical (unpaired) electrons. The molecule has 0 aliphatic rings. The van der Waals surface area contributed by atoms with Crippen LogP contribution in [0, 0.1) is 0 Å². The number of fused-ring (bicyclic) bond motifs is 1. The largest absolute Gasteiger partial charge is 0.382 e. The number of anilines is 1. The van der Waals surface area contributed by atoms with Gasteiger partial charge in [0.2, 0.25) is 5.96 Å². The highest BCUT2D eigenvalue weighted by atomic mass is 32.1. The van der Waals surface area contributed by atoms with Gasteiger partial charge in [0.05, 0.1) is 0 Å². The average Bonchev–Trinajstić information content (AvgIpc) is 2.93. The highest BCUT2D eigenvalue weighted by molar-refractivity contribution is 7.17. The summed E-state index contributed by atoms with van der Waals surface area (Å²) < 4.78 is 6.54. The molecule has 1 heterocycles. The first-order chi connectivity index (χ1) is 9.83. The molecule has 0 bridgehead atoms. The number of hydrogen-bond acceptors (Lipinski definition) is 4. The summed E-state index contributed by atoms with van der Waals surface area (Å²) >= 11 is 1.73. The molecule has 1 aromatic heterocycles. The number of hydrogen-bond donors (Lipinski definition) is 3. The van der Waals surface area contributed by atoms with Gasteiger partial charge < -0.3 is 10.1 Å². The maximum atomic E-state index is 5.48. The van der Waals surface area contributed by atoms with Gasteiger partial charge in [-0.2, -0.15) is 0 Å². The van der Waals surface area contributed by atoms with Gasteiger partial charge in [-0.1, -0.05) is 0 Å². The second-order valence-electron chi connectivity index (χ2n) is 4.22. The van der Waals surface area contributed by atoms with E-state index in [0.717, 1.165) is 25.3 Å². The Morgan fingerprint density at radius 3 is 3.10 bits per heavy atom. The third kappa shape index (κ3) is 4.19. The monoisotopic (exact) mass is 292 g/mol. The summed E-state index contributed by atoms with van der Waals surface area (Å²) in [6, 6.07) is 8.29. The van der Waals surface area contributed by atoms with E-state index in [1.165, 1.54) is 10.1 Å². The van der Waals surface area contributed by atoms with Crippen LogP contribution >= 0.6 is 11.3 Å². The molecule has 0 atom stereocenters. The number of guanidine groups is 1. The van der Waals surface area contributed by atoms with Crippen LogP contribution in [-0.2, 0) is 4.74 Å². The second kappa shape index (κ2) is 7.84. The number of nitrogens with one attached hydrogen (secondary N) is 2. The number of nitrogens with two attached hydrogens (primary N) is 1. The van der Waals surface area contributed by atoms with E-state index >= 15 is 0 Å². The Kier molecular flexibility index (Phi) is 5.79. The zero-order chi connectivity index (χ0) is 14.2. The van der Waals surface area contributed by atoms with Gasteiger partial charge >= 0.3 is 0 Å². The number of ether oxygens (including phenoxy) is 1. The third-order valence-corrected chi connectivity index (χ3v) is 3.67. The maximum absolute atomic E-state index is 5.48. The minimum absolute atomic E-state index is 0.566. The van der Waals surface area contributed by atoms with Crippen molar-refractivity contribution in [3.8, 4) is 0 Å². The van der Waals surface area contributed by atoms with Gasteiger partial charge in [0, 0.05) is 30.1 Å². The van der Waals surface area contributed by atoms with E-state index in [-0.39, 0.29) is 0 Å². The van der Waals surface area contributed by atoms with E-state index in [0.29, 0.717) is 12.5 Å². The molecule has 0 unspecified atom stereocenters. The van der Waals surface area contributed by atoms with Crippen LogP contribution in [0.15, 0.2) is 34.6 Å². The lowest BCUT2D eigenvalue weighted by Gasteiger charge is -2.09. The number of aliphatic imine (C=N–C) groups is 1. The minimum Gasteiger partial charge on any atom is -0.382 e. The van der Waals surface area contributed by atoms with Gasteiger partial charge in [-0.05, 0) is 48.4 Å². The Hall–Kier alpha value is -1.63. The normalized spacial score (nSPS) is 11.8. The van der Waals surface area contributed by atoms with Crippen LogP contribution in [0.5, 0.6) is 0 Å². The summed E-state index contributed by atoms with van der Waals surface area (Å²) in [6.07, 6.45) is 0.879. The van der Waals surface area contributed by atoms with Gasteiger partial charge in [0.1, 0.15) is 0 Å². The Morgan fingerprint density at radius 1 is 1.40 bits per heavy atom. The van der Waals surface area contributed by atoms with Gasteiger partial charge in [0.15, 0.2) is 0 Å². The van der Waals surface area contributed by atoms with Crippen molar-refractivity contribution < 1.29 is 4.74 Å². The smallest absolute Gasteiger partial charge is 0.210 e. The van der Waals surface area contributed by atoms with E-state index < -0.39 is 0 Å². The van der Waals surface area contributed by atoms with Crippen LogP contribution < -0.4 is 16.6 Å². The molecule has 108 valence electrons. The summed E-state index contributed by atoms with van der Waals surface area (Å²) in [5.74, 6) is 6.05. The Morgan fingerprint density at radius 2 is 2.30 bits per heavy atom. The minimum atomic E-state index is 0.566. The molecule has 0 saturated carbocycles. The average molecular weight is 292 g/mol. The fourth-order valence-corrected chi connectivity index (χ4v) is 2.58. The van der Waals surface area contributed by atoms with Crippen LogP contribution in [0.1, 0.15) is 13.3 Å². The third-order valence-electron chi connectivity index (χ3n) is 2.77. The zero-order valence-electron chi connectivity index (χ0n) is 11.6. The molecule has 6 heteroatoms. The van der Waals surface area contributed by atoms with E-state index in [2.05, 4.69) is 39.3 Å². The van der Waals surface area contributed by atoms with Crippen molar-refractivity contribution in [3.05, 3.63) is 29.6 Å². The molecule has 1 aromatic carbocycles. The molecule has 0 aliphatic heterocycles. The van der Waals surface area contributed by atoms with Gasteiger partial charge in [0.25, 0.3) is 0 Å². The SMILES string of the molecule is CCOCCCN=C(NN)Nc1ccc2sccc2c1. The summed E-state index contributed by atoms with van der Waals surface area (Å²) in [6.45, 7) is 4.12. The first-order valence-electron chi connectivity index (χ1n) is 6.66. The number of rotatable bonds is 6. The van der Waals surface area contributed by atoms with Crippen molar-refractivity contribution >= 4 is 33.1 Å². The lowest BCUT2D eigenvalue weighted by atomic mass is 10.2. The highest BCUT2D eigenvalue weighted by Crippen LogP contribution is 2.23. The van der Waals surface area contributed by atoms with Crippen LogP contribution in [0.2, 0.25) is 0 Å². The summed E-state index contributed by atoms with van der Waals surface area (Å²) in [7, 11) is 0. The summed E-state index contributed by atoms with van der Waals surface area (Å²) in [5.41, 5.74) is 3.55. The molecule has 0 spiro atoms. The molecule has 20 heavy (non-hydrogen) atoms. The van der Waals surface area contributed by atoms with Crippen molar-refractivity contribution in [1.82, 2.24) is 5.43 Å². The molecule has 2 aromatic rings. The molecule has 4 N–H and O–H groups in total. The molecule has 5 nitrogen and oxygen atoms in total. The predicted molar refractivity (Wildman–Crippen MR) is 86.2 cm³/mol. The molecule has 0 fully saturated rings. The fraction of sp³-hybridized carbons (Fsp3) is 0.357. The molecule has 0 saturated heterocycles. The van der Waals surface area contributed by atoms with Crippen molar-refractivity contribution in [1.29, 1.82) is 0 Å². The van der Waals surface area contributed by atoms with Crippen LogP contribution in [-0.4, -0.2) is 25.7 Å². The number of benzene rings is 1.